The molecule has 1 spiro atoms. The van der Waals surface area contributed by atoms with E-state index in [1.54, 1.807) is 0 Å². The van der Waals surface area contributed by atoms with Crippen LogP contribution in [0.5, 0.6) is 0 Å². The van der Waals surface area contributed by atoms with Gasteiger partial charge in [0.15, 0.2) is 6.29 Å². The van der Waals surface area contributed by atoms with Crippen molar-refractivity contribution in [1.29, 1.82) is 0 Å². The zero-order chi connectivity index (χ0) is 41.5. The molecule has 5 rings (SSSR count). The minimum Gasteiger partial charge on any atom is -0.430 e. The Labute approximate surface area is 326 Å². The molecule has 0 amide bonds. The van der Waals surface area contributed by atoms with Crippen molar-refractivity contribution in [2.75, 3.05) is 19.8 Å². The van der Waals surface area contributed by atoms with Crippen molar-refractivity contribution in [3.05, 3.63) is 12.2 Å². The molecule has 2 bridgehead atoms. The van der Waals surface area contributed by atoms with E-state index in [-0.39, 0.29) is 17.3 Å². The second-order valence-corrected chi connectivity index (χ2v) is 17.4. The highest BCUT2D eigenvalue weighted by atomic mass is 16.8. The van der Waals surface area contributed by atoms with Crippen molar-refractivity contribution in [3.63, 3.8) is 0 Å². The fourth-order valence-corrected chi connectivity index (χ4v) is 10.9. The van der Waals surface area contributed by atoms with Gasteiger partial charge in [0.2, 0.25) is 18.9 Å². The van der Waals surface area contributed by atoms with Gasteiger partial charge in [-0.25, -0.2) is 0 Å². The fraction of sp³-hybridized carbons (Fsp3) is 0.921. The lowest BCUT2D eigenvalue weighted by Gasteiger charge is -2.64. The number of aliphatic hydroxyl groups is 11. The maximum Gasteiger partial charge on any atom is 0.314 e. The zero-order valence-electron chi connectivity index (χ0n) is 32.6. The third-order valence-corrected chi connectivity index (χ3v) is 13.8. The van der Waals surface area contributed by atoms with Gasteiger partial charge in [-0.15, -0.1) is 0 Å². The summed E-state index contributed by atoms with van der Waals surface area (Å²) in [5.41, 5.74) is -1.95. The molecule has 0 aromatic heterocycles. The predicted molar refractivity (Wildman–Crippen MR) is 190 cm³/mol. The Morgan fingerprint density at radius 2 is 1.45 bits per heavy atom. The topological polar surface area (TPSA) is 295 Å². The molecule has 1 aliphatic heterocycles. The minimum atomic E-state index is -2.20. The van der Waals surface area contributed by atoms with Crippen LogP contribution in [0.3, 0.4) is 0 Å². The van der Waals surface area contributed by atoms with Crippen molar-refractivity contribution >= 4 is 5.97 Å². The van der Waals surface area contributed by atoms with Crippen molar-refractivity contribution in [2.45, 2.75) is 171 Å². The molecule has 4 aliphatic carbocycles. The highest BCUT2D eigenvalue weighted by molar-refractivity contribution is 5.77. The maximum atomic E-state index is 14.5. The van der Waals surface area contributed by atoms with E-state index in [1.807, 2.05) is 6.92 Å². The number of ether oxygens (including phenoxy) is 6. The summed E-state index contributed by atoms with van der Waals surface area (Å²) in [6.07, 6.45) is -15.8. The van der Waals surface area contributed by atoms with E-state index in [2.05, 4.69) is 13.5 Å². The van der Waals surface area contributed by atoms with Crippen molar-refractivity contribution in [2.24, 2.45) is 28.1 Å². The molecule has 18 nitrogen and oxygen atoms in total. The van der Waals surface area contributed by atoms with E-state index in [1.165, 1.54) is 13.8 Å². The summed E-state index contributed by atoms with van der Waals surface area (Å²) in [6, 6.07) is 0. The minimum absolute atomic E-state index is 0.0967. The zero-order valence-corrected chi connectivity index (χ0v) is 32.6. The van der Waals surface area contributed by atoms with Gasteiger partial charge < -0.3 is 84.6 Å². The summed E-state index contributed by atoms with van der Waals surface area (Å²) >= 11 is 0. The normalized spacial score (nSPS) is 42.2. The molecular weight excluding hydrogens is 744 g/mol. The van der Waals surface area contributed by atoms with Crippen LogP contribution in [0, 0.1) is 28.1 Å². The van der Waals surface area contributed by atoms with E-state index in [4.69, 9.17) is 28.4 Å². The number of hydrogen-bond donors (Lipinski definition) is 11. The third kappa shape index (κ3) is 8.46. The number of fused-ring (bicyclic) bond motifs is 3. The molecule has 0 aromatic carbocycles. The van der Waals surface area contributed by atoms with Crippen molar-refractivity contribution in [1.82, 2.24) is 0 Å². The molecule has 56 heavy (non-hydrogen) atoms. The first-order valence-electron chi connectivity index (χ1n) is 19.7. The molecule has 15 unspecified atom stereocenters. The molecule has 1 saturated heterocycles. The van der Waals surface area contributed by atoms with Gasteiger partial charge in [0.25, 0.3) is 6.29 Å². The Balaban J connectivity index is 1.36. The van der Waals surface area contributed by atoms with Gasteiger partial charge in [-0.05, 0) is 100 Å². The van der Waals surface area contributed by atoms with Crippen LogP contribution in [-0.2, 0) is 33.2 Å². The van der Waals surface area contributed by atoms with Crippen LogP contribution < -0.4 is 0 Å². The predicted octanol–water partition coefficient (Wildman–Crippen LogP) is -1.75. The number of aliphatic hydroxyl groups excluding tert-OH is 10. The number of carbonyl (C=O) groups excluding carboxylic acids is 1. The van der Waals surface area contributed by atoms with Crippen LogP contribution in [0.2, 0.25) is 0 Å². The Hall–Kier alpha value is -1.43. The maximum absolute atomic E-state index is 14.5. The number of hydrogen-bond acceptors (Lipinski definition) is 18. The average Bonchev–Trinajstić information content (AvgIpc) is 3.34. The van der Waals surface area contributed by atoms with Crippen LogP contribution in [0.15, 0.2) is 12.2 Å². The molecule has 5 fully saturated rings. The largest absolute Gasteiger partial charge is 0.430 e. The van der Waals surface area contributed by atoms with Crippen LogP contribution in [0.25, 0.3) is 0 Å². The quantitative estimate of drug-likeness (QED) is 0.0441. The fourth-order valence-electron chi connectivity index (χ4n) is 10.9. The van der Waals surface area contributed by atoms with Crippen LogP contribution in [0.1, 0.15) is 85.5 Å². The monoisotopic (exact) mass is 808 g/mol. The first kappa shape index (κ1) is 45.7. The van der Waals surface area contributed by atoms with Gasteiger partial charge in [-0.3, -0.25) is 4.79 Å². The van der Waals surface area contributed by atoms with E-state index in [0.717, 1.165) is 12.0 Å². The third-order valence-electron chi connectivity index (χ3n) is 13.8. The standard InChI is InChI=1S/C38H64O18/c1-18-13-37-11-7-24-35(4,25(37)8-12-38(18,17-37)56-32(29(47)48)51-21(14-39)19(2)42)9-6-10-36(24,5)34(50)55-33(52-22(15-40)20(3)43)30(49)54-31-28(46)27(45)26(44)23(16-41)53-31/h19-33,39-49H,1,6-17H2,2-5H3/t19?,20?,21?,22?,23?,24?,25-,26?,27?,28?,30?,31?,32?,33?,35+,36+,37?,38?/m0/s1. The first-order valence-corrected chi connectivity index (χ1v) is 19.7. The molecular formula is C38H64O18. The van der Waals surface area contributed by atoms with Crippen LogP contribution in [0.4, 0.5) is 0 Å². The Kier molecular flexibility index (Phi) is 14.4. The Morgan fingerprint density at radius 1 is 0.839 bits per heavy atom. The molecule has 18 heteroatoms. The van der Waals surface area contributed by atoms with Gasteiger partial charge in [0.05, 0.1) is 43.0 Å². The highest BCUT2D eigenvalue weighted by Crippen LogP contribution is 2.73. The highest BCUT2D eigenvalue weighted by Gasteiger charge is 2.69. The summed E-state index contributed by atoms with van der Waals surface area (Å²) in [4.78, 5) is 14.5. The lowest BCUT2D eigenvalue weighted by atomic mass is 9.41. The molecule has 18 atom stereocenters. The molecule has 11 N–H and O–H groups in total. The number of rotatable bonds is 17. The Bertz CT molecular complexity index is 1350. The lowest BCUT2D eigenvalue weighted by Crippen LogP contribution is -2.61. The summed E-state index contributed by atoms with van der Waals surface area (Å²) in [7, 11) is 0. The summed E-state index contributed by atoms with van der Waals surface area (Å²) in [5.74, 6) is -0.847. The SMILES string of the molecule is C=C1CC23CCC4[C@](C)(C(=O)OC(OC(CO)C(C)O)C(O)OC5OC(CO)C(O)C(O)C5O)CCC[C@@]4(C)[C@@H]2CCC1(OC(OC(CO)C(C)O)C(O)O)C3. The van der Waals surface area contributed by atoms with E-state index >= 15 is 0 Å². The summed E-state index contributed by atoms with van der Waals surface area (Å²) in [5, 5.41) is 112. The van der Waals surface area contributed by atoms with Gasteiger partial charge in [0.1, 0.15) is 36.6 Å². The number of carbonyl (C=O) groups is 1. The van der Waals surface area contributed by atoms with Gasteiger partial charge in [0, 0.05) is 0 Å². The summed E-state index contributed by atoms with van der Waals surface area (Å²) < 4.78 is 34.4. The lowest BCUT2D eigenvalue weighted by molar-refractivity contribution is -0.366. The van der Waals surface area contributed by atoms with Crippen molar-refractivity contribution < 1.29 is 89.4 Å². The molecule has 4 saturated carbocycles. The van der Waals surface area contributed by atoms with E-state index in [9.17, 15) is 61.0 Å². The van der Waals surface area contributed by atoms with E-state index < -0.39 is 123 Å². The molecule has 0 radical (unpaired) electrons. The second kappa shape index (κ2) is 17.7. The second-order valence-electron chi connectivity index (χ2n) is 17.4. The molecule has 0 aromatic rings. The molecule has 1 heterocycles. The number of esters is 1. The van der Waals surface area contributed by atoms with Crippen LogP contribution >= 0.6 is 0 Å². The molecule has 324 valence electrons. The summed E-state index contributed by atoms with van der Waals surface area (Å²) in [6.45, 7) is 9.04. The van der Waals surface area contributed by atoms with Crippen molar-refractivity contribution in [3.8, 4) is 0 Å². The van der Waals surface area contributed by atoms with Gasteiger partial charge >= 0.3 is 5.97 Å². The average molecular weight is 809 g/mol. The smallest absolute Gasteiger partial charge is 0.314 e. The Morgan fingerprint density at radius 3 is 2.02 bits per heavy atom. The van der Waals surface area contributed by atoms with Gasteiger partial charge in [-0.1, -0.05) is 19.9 Å². The van der Waals surface area contributed by atoms with Gasteiger partial charge in [-0.2, -0.15) is 0 Å². The van der Waals surface area contributed by atoms with E-state index in [0.29, 0.717) is 51.4 Å². The molecule has 5 aliphatic rings. The first-order chi connectivity index (χ1) is 26.2. The van der Waals surface area contributed by atoms with Crippen LogP contribution in [-0.4, -0.2) is 168 Å².